The number of hydrogen-bond donors (Lipinski definition) is 0. The van der Waals surface area contributed by atoms with Crippen molar-refractivity contribution in [3.63, 3.8) is 0 Å². The lowest BCUT2D eigenvalue weighted by Crippen LogP contribution is -2.49. The van der Waals surface area contributed by atoms with Gasteiger partial charge in [0.05, 0.1) is 4.90 Å². The Hall–Kier alpha value is -2.09. The highest BCUT2D eigenvalue weighted by Crippen LogP contribution is 2.16. The molecule has 1 aliphatic heterocycles. The molecular weight excluding hydrogens is 400 g/mol. The number of nitrogens with zero attached hydrogens (tertiary/aromatic N) is 2. The molecule has 0 spiro atoms. The smallest absolute Gasteiger partial charge is 0.253 e. The normalized spacial score (nSPS) is 15.4. The molecule has 2 aromatic carbocycles. The lowest BCUT2D eigenvalue weighted by atomic mass is 10.2. The highest BCUT2D eigenvalue weighted by atomic mass is 35.5. The van der Waals surface area contributed by atoms with Crippen LogP contribution in [-0.2, 0) is 9.84 Å². The topological polar surface area (TPSA) is 66.9 Å². The summed E-state index contributed by atoms with van der Waals surface area (Å²) in [5, 5.41) is 0.680. The second-order valence-electron chi connectivity index (χ2n) is 6.73. The lowest BCUT2D eigenvalue weighted by Gasteiger charge is -2.34. The minimum atomic E-state index is -3.26. The van der Waals surface area contributed by atoms with E-state index in [-0.39, 0.29) is 10.8 Å². The molecule has 0 radical (unpaired) electrons. The van der Waals surface area contributed by atoms with E-state index in [2.05, 4.69) is 4.90 Å². The summed E-state index contributed by atoms with van der Waals surface area (Å²) in [5.41, 5.74) is 0.506. The van der Waals surface area contributed by atoms with Gasteiger partial charge in [-0.3, -0.25) is 9.69 Å². The standard InChI is InChI=1S/C20H23ClN2O4S/c1-28(25,26)19-8-2-16(3-9-19)20(24)23-12-10-22(11-13-23)14-15-27-18-6-4-17(21)5-7-18/h2-9H,10-15H2,1H3. The minimum absolute atomic E-state index is 0.0721. The van der Waals surface area contributed by atoms with Crippen molar-refractivity contribution < 1.29 is 17.9 Å². The zero-order chi connectivity index (χ0) is 20.1. The average molecular weight is 423 g/mol. The second kappa shape index (κ2) is 8.94. The van der Waals surface area contributed by atoms with Gasteiger partial charge in [-0.2, -0.15) is 0 Å². The monoisotopic (exact) mass is 422 g/mol. The van der Waals surface area contributed by atoms with Crippen molar-refractivity contribution in [2.24, 2.45) is 0 Å². The van der Waals surface area contributed by atoms with E-state index in [1.807, 2.05) is 12.1 Å². The maximum absolute atomic E-state index is 12.6. The van der Waals surface area contributed by atoms with Crippen molar-refractivity contribution in [3.05, 3.63) is 59.1 Å². The van der Waals surface area contributed by atoms with Crippen LogP contribution in [0, 0.1) is 0 Å². The molecular formula is C20H23ClN2O4S. The van der Waals surface area contributed by atoms with Crippen molar-refractivity contribution in [2.75, 3.05) is 45.6 Å². The lowest BCUT2D eigenvalue weighted by molar-refractivity contribution is 0.0620. The summed E-state index contributed by atoms with van der Waals surface area (Å²) in [6, 6.07) is 13.4. The number of benzene rings is 2. The van der Waals surface area contributed by atoms with Crippen molar-refractivity contribution in [3.8, 4) is 5.75 Å². The molecule has 0 unspecified atom stereocenters. The predicted octanol–water partition coefficient (Wildman–Crippen LogP) is 2.58. The van der Waals surface area contributed by atoms with E-state index in [4.69, 9.17) is 16.3 Å². The van der Waals surface area contributed by atoms with Gasteiger partial charge >= 0.3 is 0 Å². The summed E-state index contributed by atoms with van der Waals surface area (Å²) in [4.78, 5) is 16.9. The van der Waals surface area contributed by atoms with Gasteiger partial charge in [0.25, 0.3) is 5.91 Å². The summed E-state index contributed by atoms with van der Waals surface area (Å²) in [7, 11) is -3.26. The Morgan fingerprint density at radius 3 is 2.18 bits per heavy atom. The predicted molar refractivity (Wildman–Crippen MR) is 109 cm³/mol. The summed E-state index contributed by atoms with van der Waals surface area (Å²) in [6.45, 7) is 4.17. The van der Waals surface area contributed by atoms with Gasteiger partial charge < -0.3 is 9.64 Å². The maximum Gasteiger partial charge on any atom is 0.253 e. The van der Waals surface area contributed by atoms with Crippen molar-refractivity contribution in [2.45, 2.75) is 4.90 Å². The molecule has 8 heteroatoms. The maximum atomic E-state index is 12.6. The van der Waals surface area contributed by atoms with Gasteiger partial charge in [-0.1, -0.05) is 11.6 Å². The number of hydrogen-bond acceptors (Lipinski definition) is 5. The molecule has 1 fully saturated rings. The van der Waals surface area contributed by atoms with Crippen LogP contribution in [0.2, 0.25) is 5.02 Å². The summed E-state index contributed by atoms with van der Waals surface area (Å²) >= 11 is 5.86. The van der Waals surface area contributed by atoms with Crippen molar-refractivity contribution in [1.29, 1.82) is 0 Å². The Bertz CT molecular complexity index is 906. The molecule has 6 nitrogen and oxygen atoms in total. The molecule has 0 aliphatic carbocycles. The van der Waals surface area contributed by atoms with Crippen LogP contribution in [-0.4, -0.2) is 69.7 Å². The van der Waals surface area contributed by atoms with E-state index in [0.717, 1.165) is 31.6 Å². The highest BCUT2D eigenvalue weighted by molar-refractivity contribution is 7.90. The molecule has 1 aliphatic rings. The van der Waals surface area contributed by atoms with Crippen molar-refractivity contribution >= 4 is 27.3 Å². The second-order valence-corrected chi connectivity index (χ2v) is 9.18. The molecule has 1 heterocycles. The van der Waals surface area contributed by atoms with Crippen LogP contribution < -0.4 is 4.74 Å². The average Bonchev–Trinajstić information content (AvgIpc) is 2.69. The first-order valence-electron chi connectivity index (χ1n) is 9.03. The van der Waals surface area contributed by atoms with Crippen LogP contribution in [0.5, 0.6) is 5.75 Å². The van der Waals surface area contributed by atoms with E-state index >= 15 is 0 Å². The van der Waals surface area contributed by atoms with Crippen LogP contribution in [0.4, 0.5) is 0 Å². The number of rotatable bonds is 6. The van der Waals surface area contributed by atoms with E-state index in [1.165, 1.54) is 12.1 Å². The zero-order valence-corrected chi connectivity index (χ0v) is 17.2. The Kier molecular flexibility index (Phi) is 6.59. The van der Waals surface area contributed by atoms with E-state index < -0.39 is 9.84 Å². The summed E-state index contributed by atoms with van der Waals surface area (Å²) < 4.78 is 28.8. The fourth-order valence-electron chi connectivity index (χ4n) is 3.03. The number of amides is 1. The van der Waals surface area contributed by atoms with Crippen LogP contribution in [0.15, 0.2) is 53.4 Å². The molecule has 150 valence electrons. The molecule has 1 amide bonds. The quantitative estimate of drug-likeness (QED) is 0.715. The van der Waals surface area contributed by atoms with Crippen LogP contribution in [0.25, 0.3) is 0 Å². The number of halogens is 1. The van der Waals surface area contributed by atoms with Gasteiger partial charge in [0.2, 0.25) is 0 Å². The fraction of sp³-hybridized carbons (Fsp3) is 0.350. The third-order valence-corrected chi connectivity index (χ3v) is 6.06. The van der Waals surface area contributed by atoms with Crippen LogP contribution in [0.3, 0.4) is 0 Å². The molecule has 2 aromatic rings. The summed E-state index contributed by atoms with van der Waals surface area (Å²) in [5.74, 6) is 0.716. The first kappa shape index (κ1) is 20.6. The van der Waals surface area contributed by atoms with Crippen molar-refractivity contribution in [1.82, 2.24) is 9.80 Å². The van der Waals surface area contributed by atoms with E-state index in [1.54, 1.807) is 29.2 Å². The molecule has 3 rings (SSSR count). The van der Waals surface area contributed by atoms with E-state index in [9.17, 15) is 13.2 Å². The van der Waals surface area contributed by atoms with Crippen LogP contribution in [0.1, 0.15) is 10.4 Å². The third kappa shape index (κ3) is 5.47. The molecule has 0 bridgehead atoms. The largest absolute Gasteiger partial charge is 0.492 e. The Balaban J connectivity index is 1.45. The number of carbonyl (C=O) groups is 1. The third-order valence-electron chi connectivity index (χ3n) is 4.68. The molecule has 1 saturated heterocycles. The number of piperazine rings is 1. The van der Waals surface area contributed by atoms with Gasteiger partial charge in [-0.05, 0) is 48.5 Å². The first-order chi connectivity index (χ1) is 13.3. The molecule has 28 heavy (non-hydrogen) atoms. The fourth-order valence-corrected chi connectivity index (χ4v) is 3.78. The van der Waals surface area contributed by atoms with E-state index in [0.29, 0.717) is 30.3 Å². The zero-order valence-electron chi connectivity index (χ0n) is 15.7. The summed E-state index contributed by atoms with van der Waals surface area (Å²) in [6.07, 6.45) is 1.15. The van der Waals surface area contributed by atoms with Gasteiger partial charge in [0, 0.05) is 49.6 Å². The number of sulfone groups is 1. The highest BCUT2D eigenvalue weighted by Gasteiger charge is 2.22. The molecule has 0 atom stereocenters. The van der Waals surface area contributed by atoms with Crippen LogP contribution >= 0.6 is 11.6 Å². The molecule has 0 saturated carbocycles. The minimum Gasteiger partial charge on any atom is -0.492 e. The number of ether oxygens (including phenoxy) is 1. The van der Waals surface area contributed by atoms with Gasteiger partial charge in [-0.25, -0.2) is 8.42 Å². The number of carbonyl (C=O) groups excluding carboxylic acids is 1. The molecule has 0 aromatic heterocycles. The Morgan fingerprint density at radius 2 is 1.61 bits per heavy atom. The SMILES string of the molecule is CS(=O)(=O)c1ccc(C(=O)N2CCN(CCOc3ccc(Cl)cc3)CC2)cc1. The molecule has 0 N–H and O–H groups in total. The Labute approximate surface area is 170 Å². The van der Waals surface area contributed by atoms with Gasteiger partial charge in [0.15, 0.2) is 9.84 Å². The Morgan fingerprint density at radius 1 is 1.00 bits per heavy atom. The van der Waals surface area contributed by atoms with Gasteiger partial charge in [-0.15, -0.1) is 0 Å². The first-order valence-corrected chi connectivity index (χ1v) is 11.3. The van der Waals surface area contributed by atoms with Gasteiger partial charge in [0.1, 0.15) is 12.4 Å².